The van der Waals surface area contributed by atoms with Crippen molar-refractivity contribution in [1.29, 1.82) is 0 Å². The Kier molecular flexibility index (Phi) is 6.00. The zero-order chi connectivity index (χ0) is 20.1. The first-order chi connectivity index (χ1) is 14.2. The number of benzene rings is 2. The monoisotopic (exact) mass is 393 g/mol. The molecule has 1 aliphatic rings. The molecular formula is C23H27N3O3. The molecule has 0 bridgehead atoms. The normalized spacial score (nSPS) is 19.1. The lowest BCUT2D eigenvalue weighted by Gasteiger charge is -2.33. The lowest BCUT2D eigenvalue weighted by molar-refractivity contribution is 0.0172. The molecule has 29 heavy (non-hydrogen) atoms. The van der Waals surface area contributed by atoms with Crippen molar-refractivity contribution in [2.24, 2.45) is 0 Å². The standard InChI is InChI=1S/C23H27N3O3/c1-28-19-9-7-17(8-10-19)12-14-26-16-21(25-26)20-11-13-24-15-22(20)29-23(27)18-5-3-2-4-6-18/h2-10,16,20,22,24-25H,11-15H2,1H3/t20-,22?/m1/s1. The summed E-state index contributed by atoms with van der Waals surface area (Å²) in [6, 6.07) is 17.3. The molecule has 6 nitrogen and oxygen atoms in total. The Morgan fingerprint density at radius 3 is 2.62 bits per heavy atom. The number of aryl methyl sites for hydroxylation is 2. The Morgan fingerprint density at radius 2 is 1.90 bits per heavy atom. The van der Waals surface area contributed by atoms with Gasteiger partial charge in [-0.25, -0.2) is 4.79 Å². The van der Waals surface area contributed by atoms with E-state index < -0.39 is 0 Å². The highest BCUT2D eigenvalue weighted by Gasteiger charge is 2.31. The molecule has 1 aromatic heterocycles. The summed E-state index contributed by atoms with van der Waals surface area (Å²) in [7, 11) is 1.68. The van der Waals surface area contributed by atoms with Crippen molar-refractivity contribution in [3.05, 3.63) is 77.6 Å². The quantitative estimate of drug-likeness (QED) is 0.604. The van der Waals surface area contributed by atoms with Crippen LogP contribution in [0, 0.1) is 0 Å². The summed E-state index contributed by atoms with van der Waals surface area (Å²) in [6.07, 6.45) is 3.86. The fourth-order valence-electron chi connectivity index (χ4n) is 3.76. The van der Waals surface area contributed by atoms with Crippen molar-refractivity contribution in [2.75, 3.05) is 20.2 Å². The van der Waals surface area contributed by atoms with Gasteiger partial charge in [0, 0.05) is 25.2 Å². The number of H-pyrrole nitrogens is 1. The molecule has 2 heterocycles. The van der Waals surface area contributed by atoms with Crippen LogP contribution in [-0.2, 0) is 17.7 Å². The number of nitrogens with one attached hydrogen (secondary N) is 2. The third kappa shape index (κ3) is 4.71. The van der Waals surface area contributed by atoms with Crippen LogP contribution >= 0.6 is 0 Å². The number of piperidine rings is 1. The number of hydrogen-bond acceptors (Lipinski definition) is 4. The summed E-state index contributed by atoms with van der Waals surface area (Å²) >= 11 is 0. The molecule has 0 saturated carbocycles. The zero-order valence-electron chi connectivity index (χ0n) is 16.6. The molecule has 0 spiro atoms. The van der Waals surface area contributed by atoms with Crippen molar-refractivity contribution >= 4 is 5.97 Å². The number of nitrogens with zero attached hydrogens (tertiary/aromatic N) is 1. The van der Waals surface area contributed by atoms with Gasteiger partial charge in [0.15, 0.2) is 0 Å². The second kappa shape index (κ2) is 9.01. The second-order valence-electron chi connectivity index (χ2n) is 7.40. The Balaban J connectivity index is 1.34. The summed E-state index contributed by atoms with van der Waals surface area (Å²) in [5.41, 5.74) is 3.01. The van der Waals surface area contributed by atoms with Crippen molar-refractivity contribution < 1.29 is 14.3 Å². The van der Waals surface area contributed by atoms with Crippen LogP contribution in [0.2, 0.25) is 0 Å². The van der Waals surface area contributed by atoms with Gasteiger partial charge in [-0.15, -0.1) is 0 Å². The molecule has 2 aromatic carbocycles. The molecule has 0 aliphatic carbocycles. The molecular weight excluding hydrogens is 366 g/mol. The Labute approximate surface area is 170 Å². The molecule has 4 rings (SSSR count). The van der Waals surface area contributed by atoms with Gasteiger partial charge in [0.05, 0.1) is 18.4 Å². The summed E-state index contributed by atoms with van der Waals surface area (Å²) in [4.78, 5) is 12.4. The average Bonchev–Trinajstić information content (AvgIpc) is 2.74. The van der Waals surface area contributed by atoms with Crippen molar-refractivity contribution in [3.8, 4) is 5.75 Å². The van der Waals surface area contributed by atoms with E-state index in [1.54, 1.807) is 19.2 Å². The van der Waals surface area contributed by atoms with Crippen LogP contribution in [0.5, 0.6) is 5.75 Å². The summed E-state index contributed by atoms with van der Waals surface area (Å²) in [5, 5.41) is 6.77. The highest BCUT2D eigenvalue weighted by molar-refractivity contribution is 5.89. The highest BCUT2D eigenvalue weighted by atomic mass is 16.5. The van der Waals surface area contributed by atoms with Crippen molar-refractivity contribution in [2.45, 2.75) is 31.4 Å². The maximum atomic E-state index is 12.4. The van der Waals surface area contributed by atoms with E-state index in [0.717, 1.165) is 37.4 Å². The number of ether oxygens (including phenoxy) is 2. The predicted molar refractivity (Wildman–Crippen MR) is 111 cm³/mol. The Bertz CT molecular complexity index is 903. The molecule has 1 aliphatic heterocycles. The Hall–Kier alpha value is -2.99. The number of esters is 1. The summed E-state index contributed by atoms with van der Waals surface area (Å²) < 4.78 is 13.1. The van der Waals surface area contributed by atoms with E-state index in [1.165, 1.54) is 5.56 Å². The van der Waals surface area contributed by atoms with E-state index in [0.29, 0.717) is 12.1 Å². The fourth-order valence-corrected chi connectivity index (χ4v) is 3.76. The molecule has 2 N–H and O–H groups in total. The fraction of sp³-hybridized carbons (Fsp3) is 0.348. The number of carbonyl (C=O) groups is 1. The van der Waals surface area contributed by atoms with E-state index >= 15 is 0 Å². The maximum Gasteiger partial charge on any atom is 0.338 e. The van der Waals surface area contributed by atoms with E-state index in [2.05, 4.69) is 33.4 Å². The van der Waals surface area contributed by atoms with Crippen molar-refractivity contribution in [3.63, 3.8) is 0 Å². The molecule has 0 amide bonds. The molecule has 1 unspecified atom stereocenters. The highest BCUT2D eigenvalue weighted by Crippen LogP contribution is 2.28. The molecule has 1 fully saturated rings. The second-order valence-corrected chi connectivity index (χ2v) is 7.40. The third-order valence-electron chi connectivity index (χ3n) is 5.46. The molecule has 152 valence electrons. The van der Waals surface area contributed by atoms with Gasteiger partial charge in [-0.2, -0.15) is 0 Å². The SMILES string of the molecule is COc1ccc(CCn2cc([C@H]3CCNCC3OC(=O)c3ccccc3)[nH]2)cc1. The van der Waals surface area contributed by atoms with E-state index in [9.17, 15) is 4.79 Å². The number of aromatic nitrogens is 2. The van der Waals surface area contributed by atoms with Crippen LogP contribution in [0.3, 0.4) is 0 Å². The van der Waals surface area contributed by atoms with E-state index in [1.807, 2.05) is 30.3 Å². The number of rotatable bonds is 7. The molecule has 0 radical (unpaired) electrons. The zero-order valence-corrected chi connectivity index (χ0v) is 16.6. The largest absolute Gasteiger partial charge is 0.497 e. The van der Waals surface area contributed by atoms with E-state index in [4.69, 9.17) is 9.47 Å². The summed E-state index contributed by atoms with van der Waals surface area (Å²) in [6.45, 7) is 2.48. The minimum atomic E-state index is -0.263. The minimum Gasteiger partial charge on any atom is -0.497 e. The first kappa shape index (κ1) is 19.3. The van der Waals surface area contributed by atoms with Crippen molar-refractivity contribution in [1.82, 2.24) is 15.1 Å². The van der Waals surface area contributed by atoms with E-state index in [-0.39, 0.29) is 18.0 Å². The van der Waals surface area contributed by atoms with Gasteiger partial charge in [0.2, 0.25) is 0 Å². The lowest BCUT2D eigenvalue weighted by Crippen LogP contribution is -2.43. The molecule has 1 saturated heterocycles. The topological polar surface area (TPSA) is 68.3 Å². The number of aromatic amines is 1. The average molecular weight is 393 g/mol. The van der Waals surface area contributed by atoms with Gasteiger partial charge in [-0.05, 0) is 49.2 Å². The van der Waals surface area contributed by atoms with Gasteiger partial charge in [-0.3, -0.25) is 4.68 Å². The Morgan fingerprint density at radius 1 is 1.14 bits per heavy atom. The van der Waals surface area contributed by atoms with Crippen LogP contribution in [-0.4, -0.2) is 42.1 Å². The number of hydrogen-bond donors (Lipinski definition) is 2. The smallest absolute Gasteiger partial charge is 0.338 e. The molecule has 6 heteroatoms. The van der Waals surface area contributed by atoms with Gasteiger partial charge in [0.1, 0.15) is 11.9 Å². The van der Waals surface area contributed by atoms with Crippen LogP contribution in [0.1, 0.15) is 34.0 Å². The van der Waals surface area contributed by atoms with Crippen LogP contribution in [0.25, 0.3) is 0 Å². The maximum absolute atomic E-state index is 12.4. The summed E-state index contributed by atoms with van der Waals surface area (Å²) in [5.74, 6) is 0.807. The predicted octanol–water partition coefficient (Wildman–Crippen LogP) is 3.37. The van der Waals surface area contributed by atoms with Gasteiger partial charge < -0.3 is 19.9 Å². The minimum absolute atomic E-state index is 0.168. The van der Waals surface area contributed by atoms with Gasteiger partial charge in [0.25, 0.3) is 0 Å². The third-order valence-corrected chi connectivity index (χ3v) is 5.46. The first-order valence-corrected chi connectivity index (χ1v) is 10.1. The number of methoxy groups -OCH3 is 1. The van der Waals surface area contributed by atoms with Gasteiger partial charge in [-0.1, -0.05) is 30.3 Å². The molecule has 2 atom stereocenters. The number of carbonyl (C=O) groups excluding carboxylic acids is 1. The first-order valence-electron chi connectivity index (χ1n) is 10.1. The van der Waals surface area contributed by atoms with Crippen LogP contribution in [0.15, 0.2) is 60.8 Å². The lowest BCUT2D eigenvalue weighted by atomic mass is 9.91. The van der Waals surface area contributed by atoms with Crippen LogP contribution in [0.4, 0.5) is 0 Å². The van der Waals surface area contributed by atoms with Gasteiger partial charge >= 0.3 is 5.97 Å². The van der Waals surface area contributed by atoms with Crippen LogP contribution < -0.4 is 10.1 Å². The molecule has 3 aromatic rings.